The molecule has 0 aliphatic rings. The molecule has 4 heteroatoms. The fourth-order valence-corrected chi connectivity index (χ4v) is 3.81. The lowest BCUT2D eigenvalue weighted by atomic mass is 10.0. The Kier molecular flexibility index (Phi) is 5.97. The van der Waals surface area contributed by atoms with Crippen molar-refractivity contribution < 1.29 is 4.39 Å². The molecule has 0 saturated carbocycles. The van der Waals surface area contributed by atoms with E-state index in [1.54, 1.807) is 0 Å². The summed E-state index contributed by atoms with van der Waals surface area (Å²) in [5, 5.41) is 3.61. The Morgan fingerprint density at radius 1 is 1.29 bits per heavy atom. The molecule has 0 spiro atoms. The van der Waals surface area contributed by atoms with E-state index in [1.807, 2.05) is 23.5 Å². The third-order valence-electron chi connectivity index (χ3n) is 3.59. The second-order valence-corrected chi connectivity index (χ2v) is 7.49. The van der Waals surface area contributed by atoms with Crippen molar-refractivity contribution in [1.29, 1.82) is 0 Å². The minimum atomic E-state index is -0.209. The molecular formula is C17H21BrFNS. The number of nitrogens with one attached hydrogen (secondary N) is 1. The minimum absolute atomic E-state index is 0.209. The maximum Gasteiger partial charge on any atom is 0.137 e. The highest BCUT2D eigenvalue weighted by Crippen LogP contribution is 2.29. The molecule has 0 radical (unpaired) electrons. The van der Waals surface area contributed by atoms with Crippen molar-refractivity contribution in [2.45, 2.75) is 39.7 Å². The first-order valence-electron chi connectivity index (χ1n) is 7.25. The highest BCUT2D eigenvalue weighted by Gasteiger charge is 2.15. The van der Waals surface area contributed by atoms with Crippen molar-refractivity contribution in [2.75, 3.05) is 6.54 Å². The van der Waals surface area contributed by atoms with Crippen LogP contribution in [0.3, 0.4) is 0 Å². The maximum atomic E-state index is 13.4. The van der Waals surface area contributed by atoms with Gasteiger partial charge in [0.25, 0.3) is 0 Å². The van der Waals surface area contributed by atoms with Crippen molar-refractivity contribution in [3.05, 3.63) is 55.4 Å². The van der Waals surface area contributed by atoms with Gasteiger partial charge >= 0.3 is 0 Å². The van der Waals surface area contributed by atoms with Gasteiger partial charge in [-0.1, -0.05) is 13.0 Å². The molecule has 0 fully saturated rings. The molecule has 1 heterocycles. The zero-order valence-corrected chi connectivity index (χ0v) is 15.1. The molecule has 2 aromatic rings. The summed E-state index contributed by atoms with van der Waals surface area (Å²) in [5.41, 5.74) is 2.49. The van der Waals surface area contributed by atoms with E-state index >= 15 is 0 Å². The summed E-state index contributed by atoms with van der Waals surface area (Å²) in [6, 6.07) is 7.84. The summed E-state index contributed by atoms with van der Waals surface area (Å²) in [5.74, 6) is -0.209. The van der Waals surface area contributed by atoms with E-state index in [-0.39, 0.29) is 5.82 Å². The molecule has 114 valence electrons. The van der Waals surface area contributed by atoms with Gasteiger partial charge in [-0.3, -0.25) is 0 Å². The topological polar surface area (TPSA) is 12.0 Å². The van der Waals surface area contributed by atoms with E-state index < -0.39 is 0 Å². The van der Waals surface area contributed by atoms with Gasteiger partial charge in [0.15, 0.2) is 0 Å². The molecule has 21 heavy (non-hydrogen) atoms. The van der Waals surface area contributed by atoms with Crippen molar-refractivity contribution in [1.82, 2.24) is 5.32 Å². The van der Waals surface area contributed by atoms with Crippen molar-refractivity contribution in [2.24, 2.45) is 0 Å². The summed E-state index contributed by atoms with van der Waals surface area (Å²) >= 11 is 5.12. The standard InChI is InChI=1S/C17H21BrFNS/c1-4-7-20-16(17-8-11(2)12(3)21-17)10-13-5-6-15(19)14(18)9-13/h5-6,8-9,16,20H,4,7,10H2,1-3H3. The molecule has 1 nitrogen and oxygen atoms in total. The number of hydrogen-bond donors (Lipinski definition) is 1. The normalized spacial score (nSPS) is 12.6. The third-order valence-corrected chi connectivity index (χ3v) is 5.47. The third kappa shape index (κ3) is 4.38. The molecule has 0 bridgehead atoms. The van der Waals surface area contributed by atoms with Gasteiger partial charge in [0, 0.05) is 15.8 Å². The van der Waals surface area contributed by atoms with Gasteiger partial charge in [0.2, 0.25) is 0 Å². The Morgan fingerprint density at radius 3 is 2.62 bits per heavy atom. The molecular weight excluding hydrogens is 349 g/mol. The van der Waals surface area contributed by atoms with Gasteiger partial charge in [0.1, 0.15) is 5.82 Å². The molecule has 1 unspecified atom stereocenters. The first kappa shape index (κ1) is 16.7. The van der Waals surface area contributed by atoms with Crippen molar-refractivity contribution in [3.63, 3.8) is 0 Å². The highest BCUT2D eigenvalue weighted by molar-refractivity contribution is 9.10. The smallest absolute Gasteiger partial charge is 0.137 e. The predicted octanol–water partition coefficient (Wildman–Crippen LogP) is 5.55. The van der Waals surface area contributed by atoms with Gasteiger partial charge in [-0.25, -0.2) is 4.39 Å². The van der Waals surface area contributed by atoms with E-state index in [9.17, 15) is 4.39 Å². The van der Waals surface area contributed by atoms with E-state index in [1.165, 1.54) is 21.4 Å². The average Bonchev–Trinajstić information content (AvgIpc) is 2.78. The molecule has 0 aliphatic carbocycles. The fourth-order valence-electron chi connectivity index (χ4n) is 2.27. The van der Waals surface area contributed by atoms with Crippen LogP contribution in [-0.4, -0.2) is 6.54 Å². The van der Waals surface area contributed by atoms with Crippen LogP contribution in [-0.2, 0) is 6.42 Å². The number of hydrogen-bond acceptors (Lipinski definition) is 2. The van der Waals surface area contributed by atoms with Crippen LogP contribution in [0, 0.1) is 19.7 Å². The zero-order valence-electron chi connectivity index (χ0n) is 12.7. The Morgan fingerprint density at radius 2 is 2.05 bits per heavy atom. The van der Waals surface area contributed by atoms with Gasteiger partial charge in [-0.15, -0.1) is 11.3 Å². The lowest BCUT2D eigenvalue weighted by Crippen LogP contribution is -2.23. The van der Waals surface area contributed by atoms with E-state index in [0.29, 0.717) is 10.5 Å². The molecule has 0 aliphatic heterocycles. The summed E-state index contributed by atoms with van der Waals surface area (Å²) in [6.45, 7) is 7.47. The van der Waals surface area contributed by atoms with Crippen LogP contribution in [0.2, 0.25) is 0 Å². The van der Waals surface area contributed by atoms with Gasteiger partial charge < -0.3 is 5.32 Å². The van der Waals surface area contributed by atoms with Crippen LogP contribution in [0.25, 0.3) is 0 Å². The van der Waals surface area contributed by atoms with Crippen LogP contribution >= 0.6 is 27.3 Å². The lowest BCUT2D eigenvalue weighted by molar-refractivity contribution is 0.535. The number of rotatable bonds is 6. The fraction of sp³-hybridized carbons (Fsp3) is 0.412. The van der Waals surface area contributed by atoms with Crippen LogP contribution in [0.5, 0.6) is 0 Å². The van der Waals surface area contributed by atoms with Gasteiger partial charge in [-0.05, 0) is 78.5 Å². The zero-order chi connectivity index (χ0) is 15.4. The molecule has 1 aromatic heterocycles. The van der Waals surface area contributed by atoms with Gasteiger partial charge in [-0.2, -0.15) is 0 Å². The molecule has 0 saturated heterocycles. The monoisotopic (exact) mass is 369 g/mol. The van der Waals surface area contributed by atoms with E-state index in [4.69, 9.17) is 0 Å². The van der Waals surface area contributed by atoms with Crippen molar-refractivity contribution in [3.8, 4) is 0 Å². The SMILES string of the molecule is CCCNC(Cc1ccc(F)c(Br)c1)c1cc(C)c(C)s1. The number of thiophene rings is 1. The molecule has 0 amide bonds. The van der Waals surface area contributed by atoms with Crippen LogP contribution in [0.1, 0.15) is 40.3 Å². The maximum absolute atomic E-state index is 13.4. The van der Waals surface area contributed by atoms with E-state index in [2.05, 4.69) is 48.1 Å². The summed E-state index contributed by atoms with van der Waals surface area (Å²) in [7, 11) is 0. The van der Waals surface area contributed by atoms with Crippen LogP contribution in [0.4, 0.5) is 4.39 Å². The Labute approximate surface area is 138 Å². The summed E-state index contributed by atoms with van der Waals surface area (Å²) < 4.78 is 13.9. The molecule has 1 N–H and O–H groups in total. The summed E-state index contributed by atoms with van der Waals surface area (Å²) in [6.07, 6.45) is 1.98. The molecule has 1 atom stereocenters. The number of halogens is 2. The Hall–Kier alpha value is -0.710. The largest absolute Gasteiger partial charge is 0.309 e. The summed E-state index contributed by atoms with van der Waals surface area (Å²) in [4.78, 5) is 2.73. The molecule has 2 rings (SSSR count). The van der Waals surface area contributed by atoms with Gasteiger partial charge in [0.05, 0.1) is 4.47 Å². The van der Waals surface area contributed by atoms with Crippen molar-refractivity contribution >= 4 is 27.3 Å². The number of benzene rings is 1. The number of aryl methyl sites for hydroxylation is 2. The highest BCUT2D eigenvalue weighted by atomic mass is 79.9. The Balaban J connectivity index is 2.21. The minimum Gasteiger partial charge on any atom is -0.309 e. The van der Waals surface area contributed by atoms with E-state index in [0.717, 1.165) is 24.9 Å². The van der Waals surface area contributed by atoms with Crippen LogP contribution in [0.15, 0.2) is 28.7 Å². The second kappa shape index (κ2) is 7.52. The predicted molar refractivity (Wildman–Crippen MR) is 92.6 cm³/mol. The molecule has 1 aromatic carbocycles. The lowest BCUT2D eigenvalue weighted by Gasteiger charge is -2.17. The second-order valence-electron chi connectivity index (χ2n) is 5.35. The Bertz CT molecular complexity index is 589. The first-order chi connectivity index (χ1) is 10.0. The average molecular weight is 370 g/mol. The first-order valence-corrected chi connectivity index (χ1v) is 8.86. The quantitative estimate of drug-likeness (QED) is 0.703. The van der Waals surface area contributed by atoms with Crippen LogP contribution < -0.4 is 5.32 Å².